The van der Waals surface area contributed by atoms with Crippen LogP contribution in [0.15, 0.2) is 48.5 Å². The molecule has 0 fully saturated rings. The number of anilines is 1. The number of aromatic nitrogens is 1. The molecule has 1 heterocycles. The second-order valence-corrected chi connectivity index (χ2v) is 5.72. The zero-order valence-corrected chi connectivity index (χ0v) is 13.1. The van der Waals surface area contributed by atoms with Crippen LogP contribution >= 0.6 is 0 Å². The van der Waals surface area contributed by atoms with E-state index in [1.54, 1.807) is 24.3 Å². The summed E-state index contributed by atoms with van der Waals surface area (Å²) in [7, 11) is 0. The van der Waals surface area contributed by atoms with Gasteiger partial charge in [0.2, 0.25) is 5.78 Å². The molecule has 24 heavy (non-hydrogen) atoms. The number of carbonyl (C=O) groups excluding carboxylic acids is 1. The number of benzene rings is 2. The van der Waals surface area contributed by atoms with Crippen molar-refractivity contribution in [1.82, 2.24) is 4.98 Å². The SMILES string of the molecule is Nc1ccc(C(=O)c2[nH]c3ccccc3c2CCCC(=O)O)cc1. The summed E-state index contributed by atoms with van der Waals surface area (Å²) in [4.78, 5) is 26.8. The van der Waals surface area contributed by atoms with E-state index in [1.165, 1.54) is 0 Å². The van der Waals surface area contributed by atoms with E-state index < -0.39 is 5.97 Å². The molecule has 0 atom stereocenters. The van der Waals surface area contributed by atoms with Crippen LogP contribution in [0.25, 0.3) is 10.9 Å². The summed E-state index contributed by atoms with van der Waals surface area (Å²) in [5.74, 6) is -0.947. The Labute approximate surface area is 139 Å². The summed E-state index contributed by atoms with van der Waals surface area (Å²) in [5, 5.41) is 9.81. The fraction of sp³-hybridized carbons (Fsp3) is 0.158. The van der Waals surface area contributed by atoms with E-state index >= 15 is 0 Å². The Morgan fingerprint density at radius 2 is 1.75 bits per heavy atom. The molecule has 0 radical (unpaired) electrons. The molecule has 0 aliphatic heterocycles. The van der Waals surface area contributed by atoms with Gasteiger partial charge in [0.25, 0.3) is 0 Å². The molecule has 0 amide bonds. The van der Waals surface area contributed by atoms with Gasteiger partial charge in [0.05, 0.1) is 5.69 Å². The maximum absolute atomic E-state index is 12.9. The highest BCUT2D eigenvalue weighted by molar-refractivity contribution is 6.12. The molecule has 0 saturated carbocycles. The van der Waals surface area contributed by atoms with Gasteiger partial charge in [-0.25, -0.2) is 0 Å². The van der Waals surface area contributed by atoms with Crippen molar-refractivity contribution < 1.29 is 14.7 Å². The smallest absolute Gasteiger partial charge is 0.303 e. The largest absolute Gasteiger partial charge is 0.481 e. The molecule has 0 aliphatic carbocycles. The summed E-state index contributed by atoms with van der Waals surface area (Å²) in [5.41, 5.74) is 9.09. The topological polar surface area (TPSA) is 96.2 Å². The zero-order chi connectivity index (χ0) is 17.1. The third-order valence-corrected chi connectivity index (χ3v) is 4.03. The summed E-state index contributed by atoms with van der Waals surface area (Å²) in [6.45, 7) is 0. The molecule has 0 unspecified atom stereocenters. The van der Waals surface area contributed by atoms with Gasteiger partial charge < -0.3 is 15.8 Å². The summed E-state index contributed by atoms with van der Waals surface area (Å²) >= 11 is 0. The monoisotopic (exact) mass is 322 g/mol. The Morgan fingerprint density at radius 1 is 1.04 bits per heavy atom. The lowest BCUT2D eigenvalue weighted by molar-refractivity contribution is -0.137. The number of nitrogens with one attached hydrogen (secondary N) is 1. The van der Waals surface area contributed by atoms with Crippen molar-refractivity contribution in [3.05, 3.63) is 65.4 Å². The van der Waals surface area contributed by atoms with Crippen molar-refractivity contribution >= 4 is 28.3 Å². The molecule has 5 heteroatoms. The molecule has 0 bridgehead atoms. The van der Waals surface area contributed by atoms with Crippen molar-refractivity contribution in [2.45, 2.75) is 19.3 Å². The number of hydrogen-bond donors (Lipinski definition) is 3. The molecule has 5 nitrogen and oxygen atoms in total. The number of aryl methyl sites for hydroxylation is 1. The van der Waals surface area contributed by atoms with E-state index in [1.807, 2.05) is 24.3 Å². The first-order chi connectivity index (χ1) is 11.6. The van der Waals surface area contributed by atoms with Crippen LogP contribution in [0.4, 0.5) is 5.69 Å². The van der Waals surface area contributed by atoms with Crippen LogP contribution in [0.3, 0.4) is 0 Å². The molecule has 2 aromatic carbocycles. The zero-order valence-electron chi connectivity index (χ0n) is 13.1. The number of ketones is 1. The van der Waals surface area contributed by atoms with E-state index in [2.05, 4.69) is 4.98 Å². The van der Waals surface area contributed by atoms with Gasteiger partial charge in [-0.05, 0) is 48.7 Å². The molecule has 0 saturated heterocycles. The highest BCUT2D eigenvalue weighted by Crippen LogP contribution is 2.26. The molecular formula is C19H18N2O3. The average molecular weight is 322 g/mol. The number of nitrogens with two attached hydrogens (primary N) is 1. The van der Waals surface area contributed by atoms with Gasteiger partial charge in [-0.3, -0.25) is 9.59 Å². The van der Waals surface area contributed by atoms with Crippen molar-refractivity contribution in [2.24, 2.45) is 0 Å². The quantitative estimate of drug-likeness (QED) is 0.479. The van der Waals surface area contributed by atoms with Crippen molar-refractivity contribution in [1.29, 1.82) is 0 Å². The molecule has 3 aromatic rings. The van der Waals surface area contributed by atoms with E-state index in [-0.39, 0.29) is 12.2 Å². The van der Waals surface area contributed by atoms with E-state index in [0.29, 0.717) is 29.8 Å². The number of para-hydroxylation sites is 1. The lowest BCUT2D eigenvalue weighted by Crippen LogP contribution is -2.06. The number of aromatic amines is 1. The Hall–Kier alpha value is -3.08. The predicted molar refractivity (Wildman–Crippen MR) is 93.2 cm³/mol. The maximum atomic E-state index is 12.9. The highest BCUT2D eigenvalue weighted by atomic mass is 16.4. The van der Waals surface area contributed by atoms with Crippen LogP contribution in [0.2, 0.25) is 0 Å². The first-order valence-corrected chi connectivity index (χ1v) is 7.78. The number of hydrogen-bond acceptors (Lipinski definition) is 3. The average Bonchev–Trinajstić information content (AvgIpc) is 2.93. The normalized spacial score (nSPS) is 10.8. The second kappa shape index (κ2) is 6.58. The van der Waals surface area contributed by atoms with Gasteiger partial charge >= 0.3 is 5.97 Å². The van der Waals surface area contributed by atoms with Crippen LogP contribution in [-0.4, -0.2) is 21.8 Å². The standard InChI is InChI=1S/C19H18N2O3/c20-13-10-8-12(9-11-13)19(24)18-15(5-3-7-17(22)23)14-4-1-2-6-16(14)21-18/h1-2,4,6,8-11,21H,3,5,7,20H2,(H,22,23). The third-order valence-electron chi connectivity index (χ3n) is 4.03. The summed E-state index contributed by atoms with van der Waals surface area (Å²) in [6.07, 6.45) is 1.10. The van der Waals surface area contributed by atoms with E-state index in [0.717, 1.165) is 16.5 Å². The molecule has 122 valence electrons. The van der Waals surface area contributed by atoms with Crippen LogP contribution < -0.4 is 5.73 Å². The van der Waals surface area contributed by atoms with Crippen molar-refractivity contribution in [2.75, 3.05) is 5.73 Å². The molecule has 3 rings (SSSR count). The number of carboxylic acid groups (broad SMARTS) is 1. The fourth-order valence-corrected chi connectivity index (χ4v) is 2.85. The number of H-pyrrole nitrogens is 1. The first kappa shape index (κ1) is 15.8. The number of carbonyl (C=O) groups is 2. The molecule has 4 N–H and O–H groups in total. The number of carboxylic acids is 1. The maximum Gasteiger partial charge on any atom is 0.303 e. The van der Waals surface area contributed by atoms with E-state index in [4.69, 9.17) is 10.8 Å². The fourth-order valence-electron chi connectivity index (χ4n) is 2.85. The third kappa shape index (κ3) is 3.15. The van der Waals surface area contributed by atoms with Gasteiger partial charge in [0, 0.05) is 28.6 Å². The summed E-state index contributed by atoms with van der Waals surface area (Å²) < 4.78 is 0. The Bertz CT molecular complexity index is 895. The Morgan fingerprint density at radius 3 is 2.46 bits per heavy atom. The minimum Gasteiger partial charge on any atom is -0.481 e. The minimum absolute atomic E-state index is 0.0784. The van der Waals surface area contributed by atoms with Gasteiger partial charge in [-0.1, -0.05) is 18.2 Å². The van der Waals surface area contributed by atoms with Gasteiger partial charge in [-0.15, -0.1) is 0 Å². The molecule has 0 spiro atoms. The number of fused-ring (bicyclic) bond motifs is 1. The molecular weight excluding hydrogens is 304 g/mol. The van der Waals surface area contributed by atoms with Crippen LogP contribution in [0.5, 0.6) is 0 Å². The molecule has 0 aliphatic rings. The lowest BCUT2D eigenvalue weighted by Gasteiger charge is -2.05. The Balaban J connectivity index is 2.00. The second-order valence-electron chi connectivity index (χ2n) is 5.72. The Kier molecular flexibility index (Phi) is 4.33. The van der Waals surface area contributed by atoms with Crippen LogP contribution in [0.1, 0.15) is 34.5 Å². The number of rotatable bonds is 6. The predicted octanol–water partition coefficient (Wildman–Crippen LogP) is 3.39. The highest BCUT2D eigenvalue weighted by Gasteiger charge is 2.19. The van der Waals surface area contributed by atoms with Crippen LogP contribution in [0, 0.1) is 0 Å². The molecule has 1 aromatic heterocycles. The first-order valence-electron chi connectivity index (χ1n) is 7.78. The van der Waals surface area contributed by atoms with Gasteiger partial charge in [0.1, 0.15) is 0 Å². The minimum atomic E-state index is -0.832. The van der Waals surface area contributed by atoms with Gasteiger partial charge in [-0.2, -0.15) is 0 Å². The van der Waals surface area contributed by atoms with Crippen molar-refractivity contribution in [3.63, 3.8) is 0 Å². The lowest BCUT2D eigenvalue weighted by atomic mass is 9.99. The summed E-state index contributed by atoms with van der Waals surface area (Å²) in [6, 6.07) is 14.5. The van der Waals surface area contributed by atoms with Crippen LogP contribution in [-0.2, 0) is 11.2 Å². The van der Waals surface area contributed by atoms with Gasteiger partial charge in [0.15, 0.2) is 0 Å². The van der Waals surface area contributed by atoms with E-state index in [9.17, 15) is 9.59 Å². The number of nitrogen functional groups attached to an aromatic ring is 1. The van der Waals surface area contributed by atoms with Crippen molar-refractivity contribution in [3.8, 4) is 0 Å². The number of aliphatic carboxylic acids is 1.